The Balaban J connectivity index is 1.71. The maximum absolute atomic E-state index is 13.4. The standard InChI is InChI=1S/C19H24N6O2/c1-12-9-15(14(3)25(12)17-10-13(2)27-22-17)19(26)24-8-5-20-11-16(24)18-21-6-7-23(18)4/h6-7,9-10,16,20H,5,8,11H2,1-4H3. The average molecular weight is 368 g/mol. The second kappa shape index (κ2) is 6.70. The van der Waals surface area contributed by atoms with Crippen LogP contribution in [0.25, 0.3) is 5.82 Å². The lowest BCUT2D eigenvalue weighted by atomic mass is 10.1. The van der Waals surface area contributed by atoms with Crippen molar-refractivity contribution >= 4 is 5.91 Å². The van der Waals surface area contributed by atoms with Crippen LogP contribution in [-0.2, 0) is 7.05 Å². The van der Waals surface area contributed by atoms with Crippen molar-refractivity contribution in [3.63, 3.8) is 0 Å². The number of carbonyl (C=O) groups is 1. The molecule has 0 aromatic carbocycles. The number of carbonyl (C=O) groups excluding carboxylic acids is 1. The van der Waals surface area contributed by atoms with Gasteiger partial charge in [-0.15, -0.1) is 0 Å². The lowest BCUT2D eigenvalue weighted by Gasteiger charge is -2.35. The highest BCUT2D eigenvalue weighted by Crippen LogP contribution is 2.27. The number of piperazine rings is 1. The Labute approximate surface area is 157 Å². The van der Waals surface area contributed by atoms with Crippen LogP contribution < -0.4 is 5.32 Å². The first-order valence-electron chi connectivity index (χ1n) is 9.09. The zero-order valence-electron chi connectivity index (χ0n) is 16.1. The maximum atomic E-state index is 13.4. The molecule has 0 radical (unpaired) electrons. The number of rotatable bonds is 3. The Morgan fingerprint density at radius 1 is 1.30 bits per heavy atom. The molecule has 27 heavy (non-hydrogen) atoms. The van der Waals surface area contributed by atoms with Crippen LogP contribution in [0.5, 0.6) is 0 Å². The summed E-state index contributed by atoms with van der Waals surface area (Å²) >= 11 is 0. The first-order chi connectivity index (χ1) is 13.0. The number of nitrogens with one attached hydrogen (secondary N) is 1. The molecule has 0 aliphatic carbocycles. The number of imidazole rings is 1. The number of aromatic nitrogens is 4. The summed E-state index contributed by atoms with van der Waals surface area (Å²) in [5, 5.41) is 7.47. The summed E-state index contributed by atoms with van der Waals surface area (Å²) in [7, 11) is 1.96. The largest absolute Gasteiger partial charge is 0.360 e. The van der Waals surface area contributed by atoms with Crippen LogP contribution in [0.1, 0.15) is 39.4 Å². The predicted molar refractivity (Wildman–Crippen MR) is 99.9 cm³/mol. The Morgan fingerprint density at radius 2 is 2.11 bits per heavy atom. The fourth-order valence-corrected chi connectivity index (χ4v) is 3.82. The van der Waals surface area contributed by atoms with Crippen LogP contribution in [0.15, 0.2) is 29.0 Å². The molecule has 142 valence electrons. The Morgan fingerprint density at radius 3 is 2.78 bits per heavy atom. The van der Waals surface area contributed by atoms with E-state index in [9.17, 15) is 4.79 Å². The van der Waals surface area contributed by atoms with Crippen molar-refractivity contribution < 1.29 is 9.32 Å². The number of hydrogen-bond acceptors (Lipinski definition) is 5. The third-order valence-electron chi connectivity index (χ3n) is 5.17. The van der Waals surface area contributed by atoms with Crippen molar-refractivity contribution in [3.8, 4) is 5.82 Å². The molecule has 1 unspecified atom stereocenters. The molecule has 0 saturated carbocycles. The van der Waals surface area contributed by atoms with Gasteiger partial charge in [-0.25, -0.2) is 4.98 Å². The molecule has 1 atom stereocenters. The molecule has 1 aliphatic heterocycles. The van der Waals surface area contributed by atoms with Gasteiger partial charge in [-0.2, -0.15) is 0 Å². The highest BCUT2D eigenvalue weighted by atomic mass is 16.5. The van der Waals surface area contributed by atoms with E-state index in [-0.39, 0.29) is 11.9 Å². The molecule has 3 aromatic heterocycles. The molecule has 1 amide bonds. The zero-order chi connectivity index (χ0) is 19.1. The van der Waals surface area contributed by atoms with E-state index in [1.807, 2.05) is 60.2 Å². The minimum absolute atomic E-state index is 0.0177. The third kappa shape index (κ3) is 2.95. The van der Waals surface area contributed by atoms with Crippen molar-refractivity contribution in [1.29, 1.82) is 0 Å². The summed E-state index contributed by atoms with van der Waals surface area (Å²) in [6, 6.07) is 3.71. The van der Waals surface area contributed by atoms with Gasteiger partial charge in [-0.3, -0.25) is 9.36 Å². The fraction of sp³-hybridized carbons (Fsp3) is 0.421. The van der Waals surface area contributed by atoms with Crippen LogP contribution in [0, 0.1) is 20.8 Å². The van der Waals surface area contributed by atoms with Crippen LogP contribution >= 0.6 is 0 Å². The van der Waals surface area contributed by atoms with Crippen LogP contribution in [0.4, 0.5) is 0 Å². The van der Waals surface area contributed by atoms with E-state index >= 15 is 0 Å². The monoisotopic (exact) mass is 368 g/mol. The Bertz CT molecular complexity index is 982. The van der Waals surface area contributed by atoms with Gasteiger partial charge < -0.3 is 19.3 Å². The van der Waals surface area contributed by atoms with Gasteiger partial charge in [-0.05, 0) is 26.8 Å². The molecule has 4 rings (SSSR count). The lowest BCUT2D eigenvalue weighted by molar-refractivity contribution is 0.0620. The molecule has 4 heterocycles. The molecule has 1 fully saturated rings. The van der Waals surface area contributed by atoms with E-state index in [1.54, 1.807) is 6.20 Å². The van der Waals surface area contributed by atoms with Gasteiger partial charge in [0.25, 0.3) is 5.91 Å². The lowest BCUT2D eigenvalue weighted by Crippen LogP contribution is -2.49. The predicted octanol–water partition coefficient (Wildman–Crippen LogP) is 1.91. The SMILES string of the molecule is Cc1cc(-n2c(C)cc(C(=O)N3CCNCC3c3nccn3C)c2C)no1. The first-order valence-corrected chi connectivity index (χ1v) is 9.09. The molecule has 1 N–H and O–H groups in total. The van der Waals surface area contributed by atoms with Crippen molar-refractivity contribution in [3.05, 3.63) is 53.1 Å². The van der Waals surface area contributed by atoms with E-state index in [1.165, 1.54) is 0 Å². The number of aryl methyl sites for hydroxylation is 3. The van der Waals surface area contributed by atoms with Gasteiger partial charge in [0.05, 0.1) is 5.56 Å². The molecular formula is C19H24N6O2. The minimum Gasteiger partial charge on any atom is -0.360 e. The van der Waals surface area contributed by atoms with Crippen molar-refractivity contribution in [2.75, 3.05) is 19.6 Å². The quantitative estimate of drug-likeness (QED) is 0.764. The van der Waals surface area contributed by atoms with Gasteiger partial charge in [0, 0.05) is 56.5 Å². The Kier molecular flexibility index (Phi) is 4.35. The number of nitrogens with zero attached hydrogens (tertiary/aromatic N) is 5. The highest BCUT2D eigenvalue weighted by molar-refractivity contribution is 5.96. The topological polar surface area (TPSA) is 81.1 Å². The second-order valence-electron chi connectivity index (χ2n) is 7.03. The molecule has 3 aromatic rings. The molecule has 1 aliphatic rings. The van der Waals surface area contributed by atoms with Gasteiger partial charge in [0.1, 0.15) is 17.6 Å². The summed E-state index contributed by atoms with van der Waals surface area (Å²) in [6.45, 7) is 7.88. The average Bonchev–Trinajstić information content (AvgIpc) is 3.34. The van der Waals surface area contributed by atoms with Crippen LogP contribution in [-0.4, -0.2) is 49.7 Å². The molecule has 0 spiro atoms. The van der Waals surface area contributed by atoms with Crippen LogP contribution in [0.3, 0.4) is 0 Å². The minimum atomic E-state index is -0.0939. The summed E-state index contributed by atoms with van der Waals surface area (Å²) in [4.78, 5) is 19.8. The summed E-state index contributed by atoms with van der Waals surface area (Å²) < 4.78 is 9.14. The summed E-state index contributed by atoms with van der Waals surface area (Å²) in [6.07, 6.45) is 3.68. The fourth-order valence-electron chi connectivity index (χ4n) is 3.82. The summed E-state index contributed by atoms with van der Waals surface area (Å²) in [5.41, 5.74) is 2.50. The normalized spacial score (nSPS) is 17.5. The van der Waals surface area contributed by atoms with Gasteiger partial charge >= 0.3 is 0 Å². The molecule has 8 heteroatoms. The third-order valence-corrected chi connectivity index (χ3v) is 5.17. The highest BCUT2D eigenvalue weighted by Gasteiger charge is 2.32. The van der Waals surface area contributed by atoms with E-state index in [0.29, 0.717) is 24.5 Å². The molecule has 8 nitrogen and oxygen atoms in total. The smallest absolute Gasteiger partial charge is 0.256 e. The number of hydrogen-bond donors (Lipinski definition) is 1. The second-order valence-corrected chi connectivity index (χ2v) is 7.03. The van der Waals surface area contributed by atoms with Crippen molar-refractivity contribution in [2.45, 2.75) is 26.8 Å². The first kappa shape index (κ1) is 17.5. The van der Waals surface area contributed by atoms with E-state index in [2.05, 4.69) is 15.5 Å². The maximum Gasteiger partial charge on any atom is 0.256 e. The molecule has 1 saturated heterocycles. The molecular weight excluding hydrogens is 344 g/mol. The zero-order valence-corrected chi connectivity index (χ0v) is 16.1. The van der Waals surface area contributed by atoms with E-state index in [0.717, 1.165) is 29.5 Å². The van der Waals surface area contributed by atoms with Gasteiger partial charge in [0.2, 0.25) is 0 Å². The molecule has 0 bridgehead atoms. The van der Waals surface area contributed by atoms with Gasteiger partial charge in [-0.1, -0.05) is 5.16 Å². The summed E-state index contributed by atoms with van der Waals surface area (Å²) in [5.74, 6) is 2.34. The number of amides is 1. The van der Waals surface area contributed by atoms with Crippen molar-refractivity contribution in [2.24, 2.45) is 7.05 Å². The van der Waals surface area contributed by atoms with E-state index < -0.39 is 0 Å². The van der Waals surface area contributed by atoms with Crippen molar-refractivity contribution in [1.82, 2.24) is 29.5 Å². The van der Waals surface area contributed by atoms with Crippen LogP contribution in [0.2, 0.25) is 0 Å². The Hall–Kier alpha value is -2.87. The van der Waals surface area contributed by atoms with E-state index in [4.69, 9.17) is 4.52 Å². The van der Waals surface area contributed by atoms with Gasteiger partial charge in [0.15, 0.2) is 5.82 Å².